The fourth-order valence-corrected chi connectivity index (χ4v) is 2.25. The van der Waals surface area contributed by atoms with E-state index in [-0.39, 0.29) is 18.5 Å². The van der Waals surface area contributed by atoms with E-state index in [2.05, 4.69) is 5.32 Å². The Balaban J connectivity index is 2.77. The molecule has 92 valence electrons. The summed E-state index contributed by atoms with van der Waals surface area (Å²) in [5.74, 6) is -0.188. The number of urea groups is 1. The number of carbonyl (C=O) groups is 2. The Bertz CT molecular complexity index is 274. The molecule has 2 N–H and O–H groups in total. The predicted octanol–water partition coefficient (Wildman–Crippen LogP) is 0.869. The van der Waals surface area contributed by atoms with Crippen molar-refractivity contribution in [2.45, 2.75) is 45.1 Å². The van der Waals surface area contributed by atoms with Gasteiger partial charge in [-0.1, -0.05) is 13.8 Å². The first-order chi connectivity index (χ1) is 7.62. The van der Waals surface area contributed by atoms with Crippen molar-refractivity contribution in [1.29, 1.82) is 0 Å². The quantitative estimate of drug-likeness (QED) is 0.523. The average molecular weight is 228 g/mol. The van der Waals surface area contributed by atoms with E-state index in [1.807, 2.05) is 13.8 Å². The first kappa shape index (κ1) is 13.0. The minimum absolute atomic E-state index is 0.120. The summed E-state index contributed by atoms with van der Waals surface area (Å²) < 4.78 is 0. The molecule has 0 aliphatic carbocycles. The number of carbonyl (C=O) groups excluding carboxylic acids is 2. The number of amides is 3. The molecular formula is C11H20N2O3. The van der Waals surface area contributed by atoms with E-state index in [0.717, 1.165) is 6.42 Å². The van der Waals surface area contributed by atoms with Gasteiger partial charge in [-0.2, -0.15) is 0 Å². The second-order valence-corrected chi connectivity index (χ2v) is 4.08. The van der Waals surface area contributed by atoms with Crippen LogP contribution in [0.2, 0.25) is 0 Å². The van der Waals surface area contributed by atoms with Crippen molar-refractivity contribution >= 4 is 11.9 Å². The molecular weight excluding hydrogens is 208 g/mol. The van der Waals surface area contributed by atoms with Gasteiger partial charge in [-0.3, -0.25) is 10.1 Å². The van der Waals surface area contributed by atoms with Gasteiger partial charge < -0.3 is 10.0 Å². The second kappa shape index (κ2) is 5.30. The first-order valence-corrected chi connectivity index (χ1v) is 5.86. The van der Waals surface area contributed by atoms with Crippen LogP contribution in [-0.4, -0.2) is 40.6 Å². The molecule has 1 heterocycles. The van der Waals surface area contributed by atoms with E-state index in [4.69, 9.17) is 5.11 Å². The minimum Gasteiger partial charge on any atom is -0.396 e. The summed E-state index contributed by atoms with van der Waals surface area (Å²) >= 11 is 0. The van der Waals surface area contributed by atoms with Crippen molar-refractivity contribution in [2.75, 3.05) is 13.2 Å². The van der Waals surface area contributed by atoms with E-state index < -0.39 is 5.54 Å². The molecule has 0 aromatic carbocycles. The van der Waals surface area contributed by atoms with E-state index >= 15 is 0 Å². The smallest absolute Gasteiger partial charge is 0.325 e. The summed E-state index contributed by atoms with van der Waals surface area (Å²) in [6, 6.07) is -0.299. The summed E-state index contributed by atoms with van der Waals surface area (Å²) in [4.78, 5) is 25.0. The van der Waals surface area contributed by atoms with Crippen LogP contribution in [-0.2, 0) is 4.79 Å². The molecule has 5 heteroatoms. The molecule has 0 spiro atoms. The number of imide groups is 1. The number of hydrogen-bond donors (Lipinski definition) is 2. The maximum atomic E-state index is 11.8. The van der Waals surface area contributed by atoms with Crippen molar-refractivity contribution in [2.24, 2.45) is 0 Å². The third kappa shape index (κ3) is 2.04. The molecule has 1 fully saturated rings. The van der Waals surface area contributed by atoms with Crippen molar-refractivity contribution in [3.05, 3.63) is 0 Å². The van der Waals surface area contributed by atoms with Gasteiger partial charge in [-0.05, 0) is 25.7 Å². The predicted molar refractivity (Wildman–Crippen MR) is 59.9 cm³/mol. The molecule has 5 nitrogen and oxygen atoms in total. The number of aliphatic hydroxyl groups is 1. The summed E-state index contributed by atoms with van der Waals surface area (Å²) in [5, 5.41) is 11.1. The van der Waals surface area contributed by atoms with Crippen LogP contribution in [0.1, 0.15) is 39.5 Å². The van der Waals surface area contributed by atoms with E-state index in [1.54, 1.807) is 4.90 Å². The summed E-state index contributed by atoms with van der Waals surface area (Å²) in [5.41, 5.74) is -0.674. The number of nitrogens with zero attached hydrogens (tertiary/aromatic N) is 1. The Kier molecular flexibility index (Phi) is 4.29. The summed E-state index contributed by atoms with van der Waals surface area (Å²) in [6.45, 7) is 4.48. The van der Waals surface area contributed by atoms with Crippen molar-refractivity contribution in [3.63, 3.8) is 0 Å². The summed E-state index contributed by atoms with van der Waals surface area (Å²) in [6.07, 6.45) is 2.63. The van der Waals surface area contributed by atoms with Gasteiger partial charge in [0.25, 0.3) is 5.91 Å². The van der Waals surface area contributed by atoms with Gasteiger partial charge in [0.15, 0.2) is 0 Å². The maximum Gasteiger partial charge on any atom is 0.325 e. The zero-order valence-electron chi connectivity index (χ0n) is 9.95. The lowest BCUT2D eigenvalue weighted by atomic mass is 9.91. The molecule has 0 aromatic heterocycles. The zero-order valence-corrected chi connectivity index (χ0v) is 9.95. The Morgan fingerprint density at radius 3 is 2.38 bits per heavy atom. The van der Waals surface area contributed by atoms with Crippen LogP contribution in [0.25, 0.3) is 0 Å². The lowest BCUT2D eigenvalue weighted by molar-refractivity contribution is -0.127. The first-order valence-electron chi connectivity index (χ1n) is 5.86. The molecule has 16 heavy (non-hydrogen) atoms. The maximum absolute atomic E-state index is 11.8. The van der Waals surface area contributed by atoms with Gasteiger partial charge in [-0.15, -0.1) is 0 Å². The molecule has 3 amide bonds. The van der Waals surface area contributed by atoms with Crippen molar-refractivity contribution in [1.82, 2.24) is 10.2 Å². The Hall–Kier alpha value is -1.10. The van der Waals surface area contributed by atoms with Gasteiger partial charge in [-0.25, -0.2) is 4.79 Å². The number of rotatable bonds is 6. The third-order valence-corrected chi connectivity index (χ3v) is 3.36. The number of unbranched alkanes of at least 4 members (excludes halogenated alkanes) is 1. The van der Waals surface area contributed by atoms with Crippen LogP contribution >= 0.6 is 0 Å². The zero-order chi connectivity index (χ0) is 12.2. The summed E-state index contributed by atoms with van der Waals surface area (Å²) in [7, 11) is 0. The number of hydrogen-bond acceptors (Lipinski definition) is 3. The minimum atomic E-state index is -0.674. The highest BCUT2D eigenvalue weighted by Crippen LogP contribution is 2.29. The van der Waals surface area contributed by atoms with Gasteiger partial charge in [0.2, 0.25) is 0 Å². The van der Waals surface area contributed by atoms with Crippen LogP contribution < -0.4 is 5.32 Å². The highest BCUT2D eigenvalue weighted by atomic mass is 16.3. The second-order valence-electron chi connectivity index (χ2n) is 4.08. The monoisotopic (exact) mass is 228 g/mol. The molecule has 1 saturated heterocycles. The largest absolute Gasteiger partial charge is 0.396 e. The molecule has 0 saturated carbocycles. The SMILES string of the molecule is CCC1(CC)C(=O)NC(=O)N1CCCCO. The Morgan fingerprint density at radius 1 is 1.25 bits per heavy atom. The average Bonchev–Trinajstić information content (AvgIpc) is 2.51. The molecule has 1 aliphatic rings. The molecule has 1 rings (SSSR count). The van der Waals surface area contributed by atoms with Crippen LogP contribution in [0.5, 0.6) is 0 Å². The van der Waals surface area contributed by atoms with Crippen LogP contribution in [0.3, 0.4) is 0 Å². The third-order valence-electron chi connectivity index (χ3n) is 3.36. The van der Waals surface area contributed by atoms with Gasteiger partial charge in [0, 0.05) is 13.2 Å². The fraction of sp³-hybridized carbons (Fsp3) is 0.818. The van der Waals surface area contributed by atoms with Gasteiger partial charge in [0.1, 0.15) is 5.54 Å². The lowest BCUT2D eigenvalue weighted by Crippen LogP contribution is -2.49. The topological polar surface area (TPSA) is 69.6 Å². The van der Waals surface area contributed by atoms with Gasteiger partial charge >= 0.3 is 6.03 Å². The van der Waals surface area contributed by atoms with E-state index in [1.165, 1.54) is 0 Å². The van der Waals surface area contributed by atoms with E-state index in [0.29, 0.717) is 25.8 Å². The molecule has 1 aliphatic heterocycles. The van der Waals surface area contributed by atoms with Crippen LogP contribution in [0, 0.1) is 0 Å². The Morgan fingerprint density at radius 2 is 1.88 bits per heavy atom. The van der Waals surface area contributed by atoms with Gasteiger partial charge in [0.05, 0.1) is 0 Å². The normalized spacial score (nSPS) is 19.1. The molecule has 0 unspecified atom stereocenters. The highest BCUT2D eigenvalue weighted by molar-refractivity contribution is 6.06. The molecule has 0 radical (unpaired) electrons. The Labute approximate surface area is 95.8 Å². The molecule has 0 bridgehead atoms. The van der Waals surface area contributed by atoms with E-state index in [9.17, 15) is 9.59 Å². The number of nitrogens with one attached hydrogen (secondary N) is 1. The number of aliphatic hydroxyl groups excluding tert-OH is 1. The lowest BCUT2D eigenvalue weighted by Gasteiger charge is -2.33. The van der Waals surface area contributed by atoms with Crippen LogP contribution in [0.15, 0.2) is 0 Å². The van der Waals surface area contributed by atoms with Crippen molar-refractivity contribution in [3.8, 4) is 0 Å². The molecule has 0 aromatic rings. The highest BCUT2D eigenvalue weighted by Gasteiger charge is 2.49. The molecule has 0 atom stereocenters. The fourth-order valence-electron chi connectivity index (χ4n) is 2.25. The van der Waals surface area contributed by atoms with Crippen LogP contribution in [0.4, 0.5) is 4.79 Å². The standard InChI is InChI=1S/C11H20N2O3/c1-3-11(4-2)9(15)12-10(16)13(11)7-5-6-8-14/h14H,3-8H2,1-2H3,(H,12,15,16). The van der Waals surface area contributed by atoms with Crippen molar-refractivity contribution < 1.29 is 14.7 Å².